The molecule has 1 N–H and O–H groups in total. The van der Waals surface area contributed by atoms with Crippen molar-refractivity contribution in [2.75, 3.05) is 0 Å². The minimum atomic E-state index is -0.705. The van der Waals surface area contributed by atoms with Crippen LogP contribution in [0.25, 0.3) is 11.0 Å². The number of fused-ring (bicyclic) bond motifs is 1. The number of nitrogens with zero attached hydrogens (tertiary/aromatic N) is 1. The van der Waals surface area contributed by atoms with Crippen molar-refractivity contribution in [3.63, 3.8) is 0 Å². The van der Waals surface area contributed by atoms with Crippen molar-refractivity contribution in [3.05, 3.63) is 39.9 Å². The van der Waals surface area contributed by atoms with Crippen LogP contribution in [0.15, 0.2) is 38.3 Å². The number of amides is 2. The molecule has 1 heterocycles. The Bertz CT molecular complexity index is 841. The predicted molar refractivity (Wildman–Crippen MR) is 79.4 cm³/mol. The lowest BCUT2D eigenvalue weighted by Crippen LogP contribution is -2.32. The summed E-state index contributed by atoms with van der Waals surface area (Å²) in [6.07, 6.45) is 0. The van der Waals surface area contributed by atoms with Crippen LogP contribution in [-0.2, 0) is 14.4 Å². The molecule has 2 rings (SSSR count). The Labute approximate surface area is 133 Å². The van der Waals surface area contributed by atoms with Gasteiger partial charge in [0.1, 0.15) is 11.1 Å². The van der Waals surface area contributed by atoms with Crippen LogP contribution in [0.3, 0.4) is 0 Å². The molecular formula is C14H11BrN2O5. The molecule has 8 heteroatoms. The molecule has 114 valence electrons. The molecule has 0 radical (unpaired) electrons. The third-order valence-electron chi connectivity index (χ3n) is 2.50. The van der Waals surface area contributed by atoms with Crippen LogP contribution < -0.4 is 10.9 Å². The number of halogens is 1. The second-order valence-corrected chi connectivity index (χ2v) is 5.25. The standard InChI is InChI=1S/C14H11BrN2O5/c1-7(18)16-13(20)11-6-9-5-10(15)3-4-12(9)21-14(11)17-22-8(2)19/h3-6H,1-2H3,(H,16,18,20)/b17-14-. The summed E-state index contributed by atoms with van der Waals surface area (Å²) in [5, 5.41) is 6.24. The fraction of sp³-hybridized carbons (Fsp3) is 0.143. The molecule has 0 spiro atoms. The second-order valence-electron chi connectivity index (χ2n) is 4.33. The number of hydrogen-bond acceptors (Lipinski definition) is 6. The average Bonchev–Trinajstić information content (AvgIpc) is 2.43. The van der Waals surface area contributed by atoms with Crippen LogP contribution in [0.5, 0.6) is 0 Å². The summed E-state index contributed by atoms with van der Waals surface area (Å²) in [6, 6.07) is 6.64. The lowest BCUT2D eigenvalue weighted by atomic mass is 10.2. The molecule has 0 saturated heterocycles. The third kappa shape index (κ3) is 3.79. The number of benzene rings is 1. The highest BCUT2D eigenvalue weighted by atomic mass is 79.9. The number of carbonyl (C=O) groups is 3. The van der Waals surface area contributed by atoms with Gasteiger partial charge in [-0.05, 0) is 29.4 Å². The Balaban J connectivity index is 2.65. The van der Waals surface area contributed by atoms with Crippen LogP contribution in [0, 0.1) is 0 Å². The highest BCUT2D eigenvalue weighted by molar-refractivity contribution is 9.10. The Hall–Kier alpha value is -2.48. The second kappa shape index (κ2) is 6.52. The summed E-state index contributed by atoms with van der Waals surface area (Å²) in [7, 11) is 0. The molecule has 0 bridgehead atoms. The number of imide groups is 1. The summed E-state index contributed by atoms with van der Waals surface area (Å²) >= 11 is 3.31. The normalized spacial score (nSPS) is 11.3. The van der Waals surface area contributed by atoms with E-state index in [0.29, 0.717) is 11.0 Å². The van der Waals surface area contributed by atoms with E-state index in [9.17, 15) is 14.4 Å². The maximum atomic E-state index is 12.0. The van der Waals surface area contributed by atoms with Crippen molar-refractivity contribution >= 4 is 44.7 Å². The number of nitrogens with one attached hydrogen (secondary N) is 1. The van der Waals surface area contributed by atoms with Crippen molar-refractivity contribution in [1.82, 2.24) is 5.32 Å². The first-order chi connectivity index (χ1) is 10.4. The lowest BCUT2D eigenvalue weighted by molar-refractivity contribution is -0.141. The van der Waals surface area contributed by atoms with E-state index in [1.54, 1.807) is 18.2 Å². The molecule has 0 fully saturated rings. The van der Waals surface area contributed by atoms with Gasteiger partial charge in [0.15, 0.2) is 0 Å². The van der Waals surface area contributed by atoms with Crippen LogP contribution in [-0.4, -0.2) is 17.8 Å². The lowest BCUT2D eigenvalue weighted by Gasteiger charge is -2.04. The number of rotatable bonds is 2. The van der Waals surface area contributed by atoms with Gasteiger partial charge in [0.05, 0.1) is 0 Å². The zero-order valence-electron chi connectivity index (χ0n) is 11.7. The zero-order valence-corrected chi connectivity index (χ0v) is 13.3. The Morgan fingerprint density at radius 3 is 2.59 bits per heavy atom. The van der Waals surface area contributed by atoms with E-state index in [0.717, 1.165) is 11.4 Å². The molecule has 22 heavy (non-hydrogen) atoms. The summed E-state index contributed by atoms with van der Waals surface area (Å²) < 4.78 is 6.25. The highest BCUT2D eigenvalue weighted by Gasteiger charge is 2.14. The van der Waals surface area contributed by atoms with Crippen LogP contribution >= 0.6 is 15.9 Å². The molecular weight excluding hydrogens is 356 g/mol. The molecule has 0 aliphatic carbocycles. The first-order valence-corrected chi connectivity index (χ1v) is 6.93. The van der Waals surface area contributed by atoms with Gasteiger partial charge in [-0.1, -0.05) is 15.9 Å². The predicted octanol–water partition coefficient (Wildman–Crippen LogP) is 1.85. The molecule has 1 aromatic carbocycles. The Morgan fingerprint density at radius 1 is 1.23 bits per heavy atom. The van der Waals surface area contributed by atoms with Crippen molar-refractivity contribution < 1.29 is 23.6 Å². The molecule has 0 saturated carbocycles. The average molecular weight is 367 g/mol. The molecule has 0 aliphatic heterocycles. The summed E-state index contributed by atoms with van der Waals surface area (Å²) in [6.45, 7) is 2.37. The molecule has 7 nitrogen and oxygen atoms in total. The minimum absolute atomic E-state index is 0.0259. The van der Waals surface area contributed by atoms with Crippen LogP contribution in [0.1, 0.15) is 24.2 Å². The van der Waals surface area contributed by atoms with E-state index < -0.39 is 17.8 Å². The Morgan fingerprint density at radius 2 is 1.95 bits per heavy atom. The van der Waals surface area contributed by atoms with E-state index in [2.05, 4.69) is 31.2 Å². The topological polar surface area (TPSA) is 98.0 Å². The Kier molecular flexibility index (Phi) is 4.71. The smallest absolute Gasteiger partial charge is 0.332 e. The number of hydrogen-bond donors (Lipinski definition) is 1. The molecule has 0 aliphatic rings. The van der Waals surface area contributed by atoms with Gasteiger partial charge in [-0.2, -0.15) is 0 Å². The van der Waals surface area contributed by atoms with E-state index in [1.165, 1.54) is 13.0 Å². The summed E-state index contributed by atoms with van der Waals surface area (Å²) in [5.74, 6) is -1.90. The van der Waals surface area contributed by atoms with Gasteiger partial charge in [0, 0.05) is 23.7 Å². The van der Waals surface area contributed by atoms with Gasteiger partial charge in [0.25, 0.3) is 11.5 Å². The maximum Gasteiger partial charge on any atom is 0.332 e. The maximum absolute atomic E-state index is 12.0. The largest absolute Gasteiger partial charge is 0.435 e. The SMILES string of the molecule is CC(=O)NC(=O)c1cc2cc(Br)ccc2o/c1=N\OC(C)=O. The van der Waals surface area contributed by atoms with Gasteiger partial charge in [-0.15, -0.1) is 0 Å². The van der Waals surface area contributed by atoms with Gasteiger partial charge in [-0.25, -0.2) is 4.79 Å². The summed E-state index contributed by atoms with van der Waals surface area (Å²) in [4.78, 5) is 38.5. The fourth-order valence-corrected chi connectivity index (χ4v) is 2.04. The molecule has 0 unspecified atom stereocenters. The third-order valence-corrected chi connectivity index (χ3v) is 2.99. The van der Waals surface area contributed by atoms with Crippen molar-refractivity contribution in [3.8, 4) is 0 Å². The molecule has 2 aromatic rings. The van der Waals surface area contributed by atoms with Crippen molar-refractivity contribution in [2.24, 2.45) is 5.16 Å². The van der Waals surface area contributed by atoms with Gasteiger partial charge >= 0.3 is 5.97 Å². The summed E-state index contributed by atoms with van der Waals surface area (Å²) in [5.41, 5.74) is 0.208. The van der Waals surface area contributed by atoms with E-state index in [1.807, 2.05) is 0 Å². The quantitative estimate of drug-likeness (QED) is 0.645. The first-order valence-electron chi connectivity index (χ1n) is 6.14. The van der Waals surface area contributed by atoms with E-state index >= 15 is 0 Å². The zero-order chi connectivity index (χ0) is 16.3. The van der Waals surface area contributed by atoms with Gasteiger partial charge in [0.2, 0.25) is 5.91 Å². The van der Waals surface area contributed by atoms with Gasteiger partial charge in [-0.3, -0.25) is 14.9 Å². The van der Waals surface area contributed by atoms with Crippen molar-refractivity contribution in [1.29, 1.82) is 0 Å². The number of carbonyl (C=O) groups excluding carboxylic acids is 3. The highest BCUT2D eigenvalue weighted by Crippen LogP contribution is 2.19. The van der Waals surface area contributed by atoms with Crippen molar-refractivity contribution in [2.45, 2.75) is 13.8 Å². The van der Waals surface area contributed by atoms with E-state index in [-0.39, 0.29) is 11.1 Å². The molecule has 0 atom stereocenters. The van der Waals surface area contributed by atoms with Crippen LogP contribution in [0.4, 0.5) is 0 Å². The first kappa shape index (κ1) is 15.9. The molecule has 1 aromatic heterocycles. The van der Waals surface area contributed by atoms with E-state index in [4.69, 9.17) is 4.42 Å². The fourth-order valence-electron chi connectivity index (χ4n) is 1.66. The molecule has 2 amide bonds. The van der Waals surface area contributed by atoms with Gasteiger partial charge < -0.3 is 9.25 Å². The monoisotopic (exact) mass is 366 g/mol. The minimum Gasteiger partial charge on any atom is -0.435 e. The van der Waals surface area contributed by atoms with Crippen LogP contribution in [0.2, 0.25) is 0 Å².